The van der Waals surface area contributed by atoms with Crippen molar-refractivity contribution in [2.45, 2.75) is 13.3 Å². The largest absolute Gasteiger partial charge is 0.354 e. The van der Waals surface area contributed by atoms with Crippen LogP contribution in [0.1, 0.15) is 11.8 Å². The van der Waals surface area contributed by atoms with Crippen LogP contribution in [-0.4, -0.2) is 24.9 Å². The average molecular weight is 371 g/mol. The van der Waals surface area contributed by atoms with Crippen LogP contribution in [0.15, 0.2) is 35.7 Å². The van der Waals surface area contributed by atoms with Crippen LogP contribution in [0.3, 0.4) is 0 Å². The van der Waals surface area contributed by atoms with Gasteiger partial charge in [0, 0.05) is 24.9 Å². The maximum atomic E-state index is 11.9. The second-order valence-corrected chi connectivity index (χ2v) is 6.67. The number of benzene rings is 1. The lowest BCUT2D eigenvalue weighted by Crippen LogP contribution is -2.38. The lowest BCUT2D eigenvalue weighted by Gasteiger charge is -2.23. The molecule has 0 fully saturated rings. The Morgan fingerprint density at radius 1 is 1.22 bits per heavy atom. The Bertz CT molecular complexity index is 689. The van der Waals surface area contributed by atoms with Gasteiger partial charge in [-0.15, -0.1) is 11.3 Å². The lowest BCUT2D eigenvalue weighted by molar-refractivity contribution is -0.120. The van der Waals surface area contributed by atoms with Crippen molar-refractivity contribution in [1.82, 2.24) is 5.32 Å². The Labute approximate surface area is 149 Å². The van der Waals surface area contributed by atoms with Crippen LogP contribution in [0.4, 0.5) is 5.69 Å². The molecule has 0 aliphatic rings. The molecule has 0 radical (unpaired) electrons. The number of halogens is 2. The molecule has 0 saturated carbocycles. The summed E-state index contributed by atoms with van der Waals surface area (Å²) >= 11 is 13.7. The van der Waals surface area contributed by atoms with E-state index < -0.39 is 0 Å². The van der Waals surface area contributed by atoms with E-state index in [1.807, 2.05) is 17.5 Å². The molecule has 0 aliphatic heterocycles. The van der Waals surface area contributed by atoms with Crippen LogP contribution in [0, 0.1) is 0 Å². The fourth-order valence-corrected chi connectivity index (χ4v) is 3.19. The number of hydrogen-bond donors (Lipinski definition) is 1. The van der Waals surface area contributed by atoms with E-state index in [4.69, 9.17) is 23.2 Å². The van der Waals surface area contributed by atoms with Crippen molar-refractivity contribution in [2.24, 2.45) is 0 Å². The van der Waals surface area contributed by atoms with Crippen LogP contribution < -0.4 is 10.2 Å². The Morgan fingerprint density at radius 3 is 2.65 bits per heavy atom. The lowest BCUT2D eigenvalue weighted by atomic mass is 10.2. The van der Waals surface area contributed by atoms with E-state index in [0.29, 0.717) is 35.2 Å². The highest BCUT2D eigenvalue weighted by Gasteiger charge is 2.16. The van der Waals surface area contributed by atoms with E-state index in [2.05, 4.69) is 5.32 Å². The summed E-state index contributed by atoms with van der Waals surface area (Å²) in [6.45, 7) is 2.11. The molecule has 2 rings (SSSR count). The smallest absolute Gasteiger partial charge is 0.225 e. The molecule has 23 heavy (non-hydrogen) atoms. The molecule has 122 valence electrons. The zero-order chi connectivity index (χ0) is 16.8. The van der Waals surface area contributed by atoms with E-state index in [1.54, 1.807) is 18.2 Å². The first-order valence-corrected chi connectivity index (χ1v) is 8.64. The minimum atomic E-state index is -0.165. The van der Waals surface area contributed by atoms with Gasteiger partial charge in [0.25, 0.3) is 0 Å². The van der Waals surface area contributed by atoms with Crippen molar-refractivity contribution < 1.29 is 9.59 Å². The second kappa shape index (κ2) is 8.34. The first-order valence-electron chi connectivity index (χ1n) is 7.00. The molecule has 1 aromatic heterocycles. The molecular formula is C16H16Cl2N2O2S. The first kappa shape index (κ1) is 17.8. The molecule has 0 atom stereocenters. The molecule has 7 heteroatoms. The van der Waals surface area contributed by atoms with Gasteiger partial charge in [-0.25, -0.2) is 0 Å². The predicted octanol–water partition coefficient (Wildman–Crippen LogP) is 3.77. The van der Waals surface area contributed by atoms with Gasteiger partial charge in [0.1, 0.15) is 0 Å². The third kappa shape index (κ3) is 4.96. The second-order valence-electron chi connectivity index (χ2n) is 4.85. The van der Waals surface area contributed by atoms with E-state index in [1.165, 1.54) is 23.2 Å². The van der Waals surface area contributed by atoms with Crippen LogP contribution in [0.2, 0.25) is 10.0 Å². The molecule has 4 nitrogen and oxygen atoms in total. The van der Waals surface area contributed by atoms with Crippen LogP contribution >= 0.6 is 34.5 Å². The summed E-state index contributed by atoms with van der Waals surface area (Å²) < 4.78 is 0. The van der Waals surface area contributed by atoms with E-state index in [0.717, 1.165) is 4.88 Å². The molecule has 0 bridgehead atoms. The highest BCUT2D eigenvalue weighted by Crippen LogP contribution is 2.32. The fourth-order valence-electron chi connectivity index (χ4n) is 2.09. The summed E-state index contributed by atoms with van der Waals surface area (Å²) in [4.78, 5) is 26.2. The minimum absolute atomic E-state index is 0.0758. The maximum Gasteiger partial charge on any atom is 0.225 e. The number of carbonyl (C=O) groups excluding carboxylic acids is 2. The number of anilines is 1. The third-order valence-corrected chi connectivity index (χ3v) is 4.86. The van der Waals surface area contributed by atoms with Crippen molar-refractivity contribution in [3.63, 3.8) is 0 Å². The average Bonchev–Trinajstić information content (AvgIpc) is 2.99. The van der Waals surface area contributed by atoms with Gasteiger partial charge in [-0.2, -0.15) is 0 Å². The Hall–Kier alpha value is -1.56. The third-order valence-electron chi connectivity index (χ3n) is 3.17. The summed E-state index contributed by atoms with van der Waals surface area (Å²) in [5.74, 6) is -0.241. The maximum absolute atomic E-state index is 11.9. The van der Waals surface area contributed by atoms with Gasteiger partial charge >= 0.3 is 0 Å². The molecular weight excluding hydrogens is 355 g/mol. The standard InChI is InChI=1S/C16H16Cl2N2O2S/c1-11(21)20(14-6-2-5-13(17)16(14)18)8-7-19-15(22)10-12-4-3-9-23-12/h2-6,9H,7-8,10H2,1H3,(H,19,22). The van der Waals surface area contributed by atoms with Crippen LogP contribution in [0.5, 0.6) is 0 Å². The molecule has 1 N–H and O–H groups in total. The number of amides is 2. The SMILES string of the molecule is CC(=O)N(CCNC(=O)Cc1cccs1)c1cccc(Cl)c1Cl. The number of carbonyl (C=O) groups is 2. The molecule has 2 aromatic rings. The molecule has 0 aliphatic carbocycles. The molecule has 0 saturated heterocycles. The zero-order valence-electron chi connectivity index (χ0n) is 12.5. The molecule has 1 heterocycles. The van der Waals surface area contributed by atoms with Gasteiger partial charge in [0.05, 0.1) is 22.2 Å². The van der Waals surface area contributed by atoms with Crippen molar-refractivity contribution in [1.29, 1.82) is 0 Å². The monoisotopic (exact) mass is 370 g/mol. The van der Waals surface area contributed by atoms with Crippen molar-refractivity contribution >= 4 is 52.0 Å². The summed E-state index contributed by atoms with van der Waals surface area (Å²) in [7, 11) is 0. The molecule has 0 spiro atoms. The number of nitrogens with zero attached hydrogens (tertiary/aromatic N) is 1. The summed E-state index contributed by atoms with van der Waals surface area (Å²) in [6.07, 6.45) is 0.343. The number of rotatable bonds is 6. The van der Waals surface area contributed by atoms with Gasteiger partial charge in [-0.1, -0.05) is 35.3 Å². The summed E-state index contributed by atoms with van der Waals surface area (Å²) in [5, 5.41) is 5.45. The van der Waals surface area contributed by atoms with Crippen molar-refractivity contribution in [2.75, 3.05) is 18.0 Å². The Balaban J connectivity index is 1.94. The highest BCUT2D eigenvalue weighted by molar-refractivity contribution is 7.10. The van der Waals surface area contributed by atoms with E-state index >= 15 is 0 Å². The quantitative estimate of drug-likeness (QED) is 0.841. The van der Waals surface area contributed by atoms with Gasteiger partial charge in [0.15, 0.2) is 0 Å². The van der Waals surface area contributed by atoms with Gasteiger partial charge in [0.2, 0.25) is 11.8 Å². The van der Waals surface area contributed by atoms with Crippen molar-refractivity contribution in [3.05, 3.63) is 50.6 Å². The van der Waals surface area contributed by atoms with Crippen molar-refractivity contribution in [3.8, 4) is 0 Å². The summed E-state index contributed by atoms with van der Waals surface area (Å²) in [5.41, 5.74) is 0.541. The van der Waals surface area contributed by atoms with Gasteiger partial charge in [-0.3, -0.25) is 9.59 Å². The number of nitrogens with one attached hydrogen (secondary N) is 1. The Morgan fingerprint density at radius 2 is 2.00 bits per heavy atom. The topological polar surface area (TPSA) is 49.4 Å². The van der Waals surface area contributed by atoms with E-state index in [-0.39, 0.29) is 11.8 Å². The normalized spacial score (nSPS) is 10.4. The number of thiophene rings is 1. The van der Waals surface area contributed by atoms with Crippen LogP contribution in [0.25, 0.3) is 0 Å². The van der Waals surface area contributed by atoms with Gasteiger partial charge < -0.3 is 10.2 Å². The zero-order valence-corrected chi connectivity index (χ0v) is 14.8. The Kier molecular flexibility index (Phi) is 6.45. The fraction of sp³-hybridized carbons (Fsp3) is 0.250. The highest BCUT2D eigenvalue weighted by atomic mass is 35.5. The number of hydrogen-bond acceptors (Lipinski definition) is 3. The van der Waals surface area contributed by atoms with E-state index in [9.17, 15) is 9.59 Å². The summed E-state index contributed by atoms with van der Waals surface area (Å²) in [6, 6.07) is 8.94. The predicted molar refractivity (Wildman–Crippen MR) is 95.5 cm³/mol. The molecule has 2 amide bonds. The first-order chi connectivity index (χ1) is 11.0. The van der Waals surface area contributed by atoms with Gasteiger partial charge in [-0.05, 0) is 23.6 Å². The minimum Gasteiger partial charge on any atom is -0.354 e. The molecule has 1 aromatic carbocycles. The van der Waals surface area contributed by atoms with Crippen LogP contribution in [-0.2, 0) is 16.0 Å². The molecule has 0 unspecified atom stereocenters.